The Labute approximate surface area is 66.6 Å². The normalized spacial score (nSPS) is 27.7. The van der Waals surface area contributed by atoms with Gasteiger partial charge in [0.25, 0.3) is 5.95 Å². The van der Waals surface area contributed by atoms with Gasteiger partial charge in [0.15, 0.2) is 6.10 Å². The fraction of sp³-hybridized carbons (Fsp3) is 0.750. The van der Waals surface area contributed by atoms with Crippen LogP contribution in [-0.4, -0.2) is 24.4 Å². The third kappa shape index (κ3) is 1.87. The maximum absolute atomic E-state index is 8.71. The van der Waals surface area contributed by atoms with Crippen molar-refractivity contribution in [1.29, 1.82) is 0 Å². The van der Waals surface area contributed by atoms with Crippen LogP contribution >= 0.6 is 0 Å². The number of rotatable bonds is 2. The smallest absolute Gasteiger partial charge is 0.278 e. The lowest BCUT2D eigenvalue weighted by Crippen LogP contribution is -2.13. The Balaban J connectivity index is 2.53. The molecule has 1 atom stereocenters. The van der Waals surface area contributed by atoms with Crippen LogP contribution in [0.25, 0.3) is 0 Å². The van der Waals surface area contributed by atoms with E-state index in [9.17, 15) is 0 Å². The van der Waals surface area contributed by atoms with E-state index in [0.717, 1.165) is 12.0 Å². The first kappa shape index (κ1) is 8.40. The first-order valence-corrected chi connectivity index (χ1v) is 3.88. The van der Waals surface area contributed by atoms with Crippen molar-refractivity contribution in [3.05, 3.63) is 11.5 Å². The molecule has 0 bridgehead atoms. The van der Waals surface area contributed by atoms with Crippen molar-refractivity contribution >= 4 is 0 Å². The highest BCUT2D eigenvalue weighted by atomic mass is 16.7. The molecule has 1 fully saturated rings. The Kier molecular flexibility index (Phi) is 2.76. The van der Waals surface area contributed by atoms with Gasteiger partial charge in [0.05, 0.1) is 6.61 Å². The highest BCUT2D eigenvalue weighted by Crippen LogP contribution is 2.19. The topological polar surface area (TPSA) is 38.7 Å². The molecular formula is C8H14O3. The van der Waals surface area contributed by atoms with Crippen LogP contribution in [0.5, 0.6) is 0 Å². The van der Waals surface area contributed by atoms with E-state index in [1.54, 1.807) is 0 Å². The predicted molar refractivity (Wildman–Crippen MR) is 40.9 cm³/mol. The van der Waals surface area contributed by atoms with E-state index >= 15 is 0 Å². The van der Waals surface area contributed by atoms with Gasteiger partial charge in [-0.25, -0.2) is 0 Å². The molecule has 1 saturated heterocycles. The molecule has 1 aliphatic heterocycles. The zero-order valence-electron chi connectivity index (χ0n) is 6.96. The lowest BCUT2D eigenvalue weighted by molar-refractivity contribution is 0.0907. The van der Waals surface area contributed by atoms with E-state index in [2.05, 4.69) is 0 Å². The molecular weight excluding hydrogens is 144 g/mol. The maximum atomic E-state index is 8.71. The monoisotopic (exact) mass is 158 g/mol. The summed E-state index contributed by atoms with van der Waals surface area (Å²) in [6.45, 7) is 4.51. The Hall–Kier alpha value is -0.700. The fourth-order valence-electron chi connectivity index (χ4n) is 0.846. The molecule has 0 amide bonds. The number of hydrogen-bond acceptors (Lipinski definition) is 3. The Morgan fingerprint density at radius 2 is 2.45 bits per heavy atom. The number of allylic oxidation sites excluding steroid dienone is 1. The molecule has 0 aromatic rings. The van der Waals surface area contributed by atoms with Gasteiger partial charge in [-0.2, -0.15) is 0 Å². The molecule has 0 spiro atoms. The molecule has 1 unspecified atom stereocenters. The number of hydrogen-bond donors (Lipinski definition) is 1. The number of ether oxygens (including phenoxy) is 2. The van der Waals surface area contributed by atoms with E-state index in [1.165, 1.54) is 0 Å². The molecule has 11 heavy (non-hydrogen) atoms. The SMILES string of the molecule is CCC(C)=C1OCC(CO)O1. The third-order valence-corrected chi connectivity index (χ3v) is 1.76. The summed E-state index contributed by atoms with van der Waals surface area (Å²) in [5.74, 6) is 0.603. The zero-order valence-corrected chi connectivity index (χ0v) is 6.96. The molecule has 0 aromatic heterocycles. The Bertz CT molecular complexity index is 163. The molecule has 1 aliphatic rings. The molecule has 1 N–H and O–H groups in total. The fourth-order valence-corrected chi connectivity index (χ4v) is 0.846. The molecule has 1 rings (SSSR count). The van der Waals surface area contributed by atoms with Gasteiger partial charge in [-0.15, -0.1) is 0 Å². The molecule has 0 saturated carbocycles. The Morgan fingerprint density at radius 1 is 1.73 bits per heavy atom. The van der Waals surface area contributed by atoms with Crippen molar-refractivity contribution in [1.82, 2.24) is 0 Å². The van der Waals surface area contributed by atoms with Gasteiger partial charge in [0.1, 0.15) is 6.61 Å². The second kappa shape index (κ2) is 3.62. The first-order chi connectivity index (χ1) is 5.27. The van der Waals surface area contributed by atoms with Crippen LogP contribution in [0.1, 0.15) is 20.3 Å². The summed E-state index contributed by atoms with van der Waals surface area (Å²) in [4.78, 5) is 0. The average molecular weight is 158 g/mol. The van der Waals surface area contributed by atoms with Crippen LogP contribution < -0.4 is 0 Å². The number of aliphatic hydroxyl groups excluding tert-OH is 1. The summed E-state index contributed by atoms with van der Waals surface area (Å²) in [6.07, 6.45) is 0.763. The molecule has 0 radical (unpaired) electrons. The van der Waals surface area contributed by atoms with Gasteiger partial charge >= 0.3 is 0 Å². The van der Waals surface area contributed by atoms with Crippen molar-refractivity contribution < 1.29 is 14.6 Å². The number of aliphatic hydroxyl groups is 1. The average Bonchev–Trinajstić information content (AvgIpc) is 2.50. The quantitative estimate of drug-likeness (QED) is 0.652. The van der Waals surface area contributed by atoms with E-state index in [1.807, 2.05) is 13.8 Å². The molecule has 0 aromatic carbocycles. The van der Waals surface area contributed by atoms with Crippen LogP contribution in [0, 0.1) is 0 Å². The zero-order chi connectivity index (χ0) is 8.27. The lowest BCUT2D eigenvalue weighted by Gasteiger charge is -2.03. The summed E-state index contributed by atoms with van der Waals surface area (Å²) >= 11 is 0. The third-order valence-electron chi connectivity index (χ3n) is 1.76. The van der Waals surface area contributed by atoms with Crippen LogP contribution in [-0.2, 0) is 9.47 Å². The minimum Gasteiger partial charge on any atom is -0.461 e. The van der Waals surface area contributed by atoms with E-state index in [-0.39, 0.29) is 12.7 Å². The van der Waals surface area contributed by atoms with Crippen LogP contribution in [0.15, 0.2) is 11.5 Å². The van der Waals surface area contributed by atoms with Gasteiger partial charge in [-0.3, -0.25) is 0 Å². The second-order valence-corrected chi connectivity index (χ2v) is 2.65. The van der Waals surface area contributed by atoms with Gasteiger partial charge in [-0.05, 0) is 13.3 Å². The van der Waals surface area contributed by atoms with Crippen LogP contribution in [0.3, 0.4) is 0 Å². The van der Waals surface area contributed by atoms with Crippen molar-refractivity contribution in [3.8, 4) is 0 Å². The van der Waals surface area contributed by atoms with Crippen molar-refractivity contribution in [2.45, 2.75) is 26.4 Å². The summed E-state index contributed by atoms with van der Waals surface area (Å²) in [6, 6.07) is 0. The highest BCUT2D eigenvalue weighted by molar-refractivity contribution is 5.01. The van der Waals surface area contributed by atoms with Crippen LogP contribution in [0.4, 0.5) is 0 Å². The lowest BCUT2D eigenvalue weighted by atomic mass is 10.2. The first-order valence-electron chi connectivity index (χ1n) is 3.88. The largest absolute Gasteiger partial charge is 0.461 e. The minimum absolute atomic E-state index is 0.0283. The van der Waals surface area contributed by atoms with Crippen molar-refractivity contribution in [2.24, 2.45) is 0 Å². The summed E-state index contributed by atoms with van der Waals surface area (Å²) < 4.78 is 10.5. The van der Waals surface area contributed by atoms with Crippen molar-refractivity contribution in [2.75, 3.05) is 13.2 Å². The molecule has 1 heterocycles. The highest BCUT2D eigenvalue weighted by Gasteiger charge is 2.22. The van der Waals surface area contributed by atoms with Crippen LogP contribution in [0.2, 0.25) is 0 Å². The van der Waals surface area contributed by atoms with Crippen molar-refractivity contribution in [3.63, 3.8) is 0 Å². The van der Waals surface area contributed by atoms with E-state index in [4.69, 9.17) is 14.6 Å². The Morgan fingerprint density at radius 3 is 2.91 bits per heavy atom. The van der Waals surface area contributed by atoms with Gasteiger partial charge in [-0.1, -0.05) is 6.92 Å². The summed E-state index contributed by atoms with van der Waals surface area (Å²) in [7, 11) is 0. The van der Waals surface area contributed by atoms with Gasteiger partial charge in [0.2, 0.25) is 0 Å². The second-order valence-electron chi connectivity index (χ2n) is 2.65. The maximum Gasteiger partial charge on any atom is 0.278 e. The molecule has 0 aliphatic carbocycles. The molecule has 3 heteroatoms. The molecule has 64 valence electrons. The van der Waals surface area contributed by atoms with E-state index < -0.39 is 0 Å². The standard InChI is InChI=1S/C8H14O3/c1-3-6(2)8-10-5-7(4-9)11-8/h7,9H,3-5H2,1-2H3. The molecule has 3 nitrogen and oxygen atoms in total. The van der Waals surface area contributed by atoms with Gasteiger partial charge < -0.3 is 14.6 Å². The van der Waals surface area contributed by atoms with E-state index in [0.29, 0.717) is 12.6 Å². The minimum atomic E-state index is -0.161. The van der Waals surface area contributed by atoms with Gasteiger partial charge in [0, 0.05) is 5.57 Å². The predicted octanol–water partition coefficient (Wildman–Crippen LogP) is 1.04. The summed E-state index contributed by atoms with van der Waals surface area (Å²) in [5.41, 5.74) is 1.10. The summed E-state index contributed by atoms with van der Waals surface area (Å²) in [5, 5.41) is 8.71.